The molecule has 84 valence electrons. The number of halogens is 1. The Bertz CT molecular complexity index is 331. The topological polar surface area (TPSA) is 46.2 Å². The van der Waals surface area contributed by atoms with Gasteiger partial charge < -0.3 is 10.8 Å². The lowest BCUT2D eigenvalue weighted by atomic mass is 9.96. The molecule has 0 heterocycles. The molecule has 0 saturated carbocycles. The molecule has 1 rings (SSSR count). The average Bonchev–Trinajstić information content (AvgIpc) is 2.15. The summed E-state index contributed by atoms with van der Waals surface area (Å²) in [6, 6.07) is 4.87. The summed E-state index contributed by atoms with van der Waals surface area (Å²) >= 11 is 0. The summed E-state index contributed by atoms with van der Waals surface area (Å²) in [5, 5.41) is 9.56. The van der Waals surface area contributed by atoms with Crippen LogP contribution in [0.2, 0.25) is 0 Å². The van der Waals surface area contributed by atoms with Crippen molar-refractivity contribution in [1.82, 2.24) is 0 Å². The van der Waals surface area contributed by atoms with Crippen molar-refractivity contribution >= 4 is 0 Å². The molecular weight excluding hydrogens is 193 g/mol. The minimum absolute atomic E-state index is 0.219. The van der Waals surface area contributed by atoms with Gasteiger partial charge in [0.05, 0.1) is 0 Å². The normalized spacial score (nSPS) is 11.7. The maximum absolute atomic E-state index is 13.6. The van der Waals surface area contributed by atoms with Crippen LogP contribution in [-0.2, 0) is 12.1 Å². The van der Waals surface area contributed by atoms with Crippen LogP contribution in [-0.4, -0.2) is 11.7 Å². The van der Waals surface area contributed by atoms with E-state index >= 15 is 0 Å². The molecule has 0 aliphatic carbocycles. The monoisotopic (exact) mass is 211 g/mol. The molecule has 0 bridgehead atoms. The van der Waals surface area contributed by atoms with Gasteiger partial charge in [-0.15, -0.1) is 0 Å². The summed E-state index contributed by atoms with van der Waals surface area (Å²) < 4.78 is 13.6. The Morgan fingerprint density at radius 2 is 2.07 bits per heavy atom. The molecule has 0 radical (unpaired) electrons. The quantitative estimate of drug-likeness (QED) is 0.803. The number of hydrogen-bond acceptors (Lipinski definition) is 2. The van der Waals surface area contributed by atoms with Gasteiger partial charge in [0, 0.05) is 0 Å². The Kier molecular flexibility index (Phi) is 3.69. The maximum atomic E-state index is 13.6. The molecule has 3 heteroatoms. The van der Waals surface area contributed by atoms with E-state index in [1.165, 1.54) is 13.8 Å². The van der Waals surface area contributed by atoms with Crippen LogP contribution in [0.4, 0.5) is 4.39 Å². The summed E-state index contributed by atoms with van der Waals surface area (Å²) in [5.41, 5.74) is 5.38. The van der Waals surface area contributed by atoms with Crippen molar-refractivity contribution in [3.8, 4) is 5.75 Å². The molecule has 0 aliphatic heterocycles. The number of phenolic OH excluding ortho intramolecular Hbond substituents is 1. The molecule has 1 aromatic rings. The van der Waals surface area contributed by atoms with Crippen LogP contribution in [0.5, 0.6) is 5.75 Å². The van der Waals surface area contributed by atoms with Crippen molar-refractivity contribution in [1.29, 1.82) is 0 Å². The molecule has 0 aromatic heterocycles. The third-order valence-electron chi connectivity index (χ3n) is 2.42. The first-order chi connectivity index (χ1) is 6.95. The molecule has 1 aromatic carbocycles. The van der Waals surface area contributed by atoms with Crippen molar-refractivity contribution in [3.05, 3.63) is 29.3 Å². The second-order valence-corrected chi connectivity index (χ2v) is 4.21. The first-order valence-electron chi connectivity index (χ1n) is 5.16. The van der Waals surface area contributed by atoms with E-state index in [0.29, 0.717) is 18.5 Å². The molecule has 2 nitrogen and oxygen atoms in total. The fourth-order valence-corrected chi connectivity index (χ4v) is 1.45. The van der Waals surface area contributed by atoms with E-state index in [-0.39, 0.29) is 5.75 Å². The highest BCUT2D eigenvalue weighted by Gasteiger charge is 2.19. The third kappa shape index (κ3) is 3.20. The summed E-state index contributed by atoms with van der Waals surface area (Å²) in [6.07, 6.45) is 1.48. The standard InChI is InChI=1S/C12H18FNO/c1-12(2,13)10-5-6-11(15)9(8-10)4-3-7-14/h5-6,8,15H,3-4,7,14H2,1-2H3. The molecular formula is C12H18FNO. The number of aryl methyl sites for hydroxylation is 1. The van der Waals surface area contributed by atoms with Crippen molar-refractivity contribution in [3.63, 3.8) is 0 Å². The summed E-state index contributed by atoms with van der Waals surface area (Å²) in [5.74, 6) is 0.219. The van der Waals surface area contributed by atoms with Crippen LogP contribution < -0.4 is 5.73 Å². The number of aromatic hydroxyl groups is 1. The van der Waals surface area contributed by atoms with E-state index in [0.717, 1.165) is 12.0 Å². The summed E-state index contributed by atoms with van der Waals surface area (Å²) in [4.78, 5) is 0. The third-order valence-corrected chi connectivity index (χ3v) is 2.42. The summed E-state index contributed by atoms with van der Waals surface area (Å²) in [7, 11) is 0. The molecule has 0 amide bonds. The number of rotatable bonds is 4. The van der Waals surface area contributed by atoms with Crippen LogP contribution in [0.25, 0.3) is 0 Å². The van der Waals surface area contributed by atoms with Crippen molar-refractivity contribution < 1.29 is 9.50 Å². The minimum atomic E-state index is -1.37. The number of benzene rings is 1. The van der Waals surface area contributed by atoms with E-state index in [1.54, 1.807) is 18.2 Å². The van der Waals surface area contributed by atoms with E-state index in [1.807, 2.05) is 0 Å². The van der Waals surface area contributed by atoms with Gasteiger partial charge in [0.1, 0.15) is 11.4 Å². The van der Waals surface area contributed by atoms with Crippen molar-refractivity contribution in [2.24, 2.45) is 5.73 Å². The number of nitrogens with two attached hydrogens (primary N) is 1. The Balaban J connectivity index is 2.95. The lowest BCUT2D eigenvalue weighted by molar-refractivity contribution is 0.221. The Morgan fingerprint density at radius 3 is 2.60 bits per heavy atom. The van der Waals surface area contributed by atoms with Gasteiger partial charge >= 0.3 is 0 Å². The number of phenols is 1. The zero-order chi connectivity index (χ0) is 11.5. The SMILES string of the molecule is CC(C)(F)c1ccc(O)c(CCCN)c1. The smallest absolute Gasteiger partial charge is 0.130 e. The molecule has 0 spiro atoms. The molecule has 0 saturated heterocycles. The first-order valence-corrected chi connectivity index (χ1v) is 5.16. The highest BCUT2D eigenvalue weighted by atomic mass is 19.1. The Hall–Kier alpha value is -1.09. The van der Waals surface area contributed by atoms with Gasteiger partial charge in [-0.2, -0.15) is 0 Å². The zero-order valence-electron chi connectivity index (χ0n) is 9.26. The van der Waals surface area contributed by atoms with Gasteiger partial charge in [0.25, 0.3) is 0 Å². The highest BCUT2D eigenvalue weighted by Crippen LogP contribution is 2.29. The van der Waals surface area contributed by atoms with Crippen LogP contribution in [0.3, 0.4) is 0 Å². The van der Waals surface area contributed by atoms with Gasteiger partial charge in [0.15, 0.2) is 0 Å². The maximum Gasteiger partial charge on any atom is 0.130 e. The fourth-order valence-electron chi connectivity index (χ4n) is 1.45. The van der Waals surface area contributed by atoms with Gasteiger partial charge in [-0.3, -0.25) is 0 Å². The predicted octanol–water partition coefficient (Wildman–Crippen LogP) is 2.49. The van der Waals surface area contributed by atoms with E-state index in [2.05, 4.69) is 0 Å². The molecule has 0 atom stereocenters. The first kappa shape index (κ1) is 12.0. The van der Waals surface area contributed by atoms with Crippen LogP contribution in [0.15, 0.2) is 18.2 Å². The zero-order valence-corrected chi connectivity index (χ0v) is 9.26. The van der Waals surface area contributed by atoms with E-state index in [4.69, 9.17) is 5.73 Å². The lowest BCUT2D eigenvalue weighted by Gasteiger charge is -2.16. The van der Waals surface area contributed by atoms with Gasteiger partial charge in [-0.05, 0) is 56.5 Å². The van der Waals surface area contributed by atoms with Gasteiger partial charge in [-0.1, -0.05) is 6.07 Å². The molecule has 0 unspecified atom stereocenters. The van der Waals surface area contributed by atoms with E-state index in [9.17, 15) is 9.50 Å². The average molecular weight is 211 g/mol. The number of hydrogen-bond donors (Lipinski definition) is 2. The second kappa shape index (κ2) is 4.62. The number of alkyl halides is 1. The van der Waals surface area contributed by atoms with Gasteiger partial charge in [-0.25, -0.2) is 4.39 Å². The molecule has 3 N–H and O–H groups in total. The van der Waals surface area contributed by atoms with Crippen LogP contribution in [0.1, 0.15) is 31.4 Å². The Labute approximate surface area is 89.9 Å². The fraction of sp³-hybridized carbons (Fsp3) is 0.500. The largest absolute Gasteiger partial charge is 0.508 e. The minimum Gasteiger partial charge on any atom is -0.508 e. The molecule has 0 fully saturated rings. The van der Waals surface area contributed by atoms with Crippen LogP contribution in [0, 0.1) is 0 Å². The summed E-state index contributed by atoms with van der Waals surface area (Å²) in [6.45, 7) is 3.58. The predicted molar refractivity (Wildman–Crippen MR) is 59.6 cm³/mol. The lowest BCUT2D eigenvalue weighted by Crippen LogP contribution is -2.09. The second-order valence-electron chi connectivity index (χ2n) is 4.21. The van der Waals surface area contributed by atoms with Gasteiger partial charge in [0.2, 0.25) is 0 Å². The highest BCUT2D eigenvalue weighted by molar-refractivity contribution is 5.38. The molecule has 0 aliphatic rings. The Morgan fingerprint density at radius 1 is 1.40 bits per heavy atom. The van der Waals surface area contributed by atoms with E-state index < -0.39 is 5.67 Å². The molecule has 15 heavy (non-hydrogen) atoms. The van der Waals surface area contributed by atoms with Crippen LogP contribution >= 0.6 is 0 Å². The van der Waals surface area contributed by atoms with Crippen molar-refractivity contribution in [2.45, 2.75) is 32.4 Å². The van der Waals surface area contributed by atoms with Crippen molar-refractivity contribution in [2.75, 3.05) is 6.54 Å².